The summed E-state index contributed by atoms with van der Waals surface area (Å²) in [5.41, 5.74) is -0.947. The van der Waals surface area contributed by atoms with Crippen molar-refractivity contribution in [2.24, 2.45) is 0 Å². The second-order valence-electron chi connectivity index (χ2n) is 3.75. The van der Waals surface area contributed by atoms with Crippen LogP contribution in [-0.4, -0.2) is 21.1 Å². The normalized spacial score (nSPS) is 11.4. The molecule has 0 fully saturated rings. The van der Waals surface area contributed by atoms with Gasteiger partial charge in [-0.25, -0.2) is 4.98 Å². The molecule has 0 aliphatic rings. The number of aromatic amines is 1. The van der Waals surface area contributed by atoms with Crippen LogP contribution in [0.3, 0.4) is 0 Å². The van der Waals surface area contributed by atoms with E-state index in [4.69, 9.17) is 0 Å². The number of carbonyl (C=O) groups excluding carboxylic acids is 1. The van der Waals surface area contributed by atoms with E-state index in [-0.39, 0.29) is 11.3 Å². The third-order valence-corrected chi connectivity index (χ3v) is 2.37. The maximum Gasteiger partial charge on any atom is 0.433 e. The maximum atomic E-state index is 12.4. The molecule has 2 aromatic heterocycles. The van der Waals surface area contributed by atoms with Gasteiger partial charge in [-0.05, 0) is 19.1 Å². The van der Waals surface area contributed by atoms with Gasteiger partial charge in [0.1, 0.15) is 11.5 Å². The highest BCUT2D eigenvalue weighted by Gasteiger charge is 2.33. The molecule has 2 rings (SSSR count). The molecule has 0 aliphatic heterocycles. The predicted octanol–water partition coefficient (Wildman–Crippen LogP) is 2.38. The number of rotatable bonds is 2. The Hall–Kier alpha value is -2.38. The van der Waals surface area contributed by atoms with Gasteiger partial charge in [0.2, 0.25) is 0 Å². The van der Waals surface area contributed by atoms with Crippen molar-refractivity contribution in [2.75, 3.05) is 5.32 Å². The standard InChI is InChI=1S/C11H9F3N4O/c1-6-7(2-3-8(16-6)11(12,13)14)10(19)17-9-4-5-15-18-9/h2-5H,1H3,(H2,15,17,18,19). The van der Waals surface area contributed by atoms with Crippen molar-refractivity contribution < 1.29 is 18.0 Å². The number of halogens is 3. The number of nitrogens with zero attached hydrogens (tertiary/aromatic N) is 2. The molecule has 2 aromatic rings. The molecule has 19 heavy (non-hydrogen) atoms. The maximum absolute atomic E-state index is 12.4. The first-order valence-electron chi connectivity index (χ1n) is 5.23. The van der Waals surface area contributed by atoms with E-state index >= 15 is 0 Å². The average Bonchev–Trinajstić information content (AvgIpc) is 2.80. The monoisotopic (exact) mass is 270 g/mol. The highest BCUT2D eigenvalue weighted by atomic mass is 19.4. The fourth-order valence-corrected chi connectivity index (χ4v) is 1.47. The molecule has 0 saturated heterocycles. The lowest BCUT2D eigenvalue weighted by Crippen LogP contribution is -2.16. The Balaban J connectivity index is 2.24. The zero-order chi connectivity index (χ0) is 14.0. The van der Waals surface area contributed by atoms with Crippen molar-refractivity contribution >= 4 is 11.7 Å². The smallest absolute Gasteiger partial charge is 0.307 e. The van der Waals surface area contributed by atoms with Gasteiger partial charge >= 0.3 is 6.18 Å². The molecule has 2 heterocycles. The summed E-state index contributed by atoms with van der Waals surface area (Å²) >= 11 is 0. The first-order valence-corrected chi connectivity index (χ1v) is 5.23. The minimum atomic E-state index is -4.52. The lowest BCUT2D eigenvalue weighted by atomic mass is 10.1. The Kier molecular flexibility index (Phi) is 3.24. The quantitative estimate of drug-likeness (QED) is 0.880. The molecule has 0 aromatic carbocycles. The third-order valence-electron chi connectivity index (χ3n) is 2.37. The molecule has 100 valence electrons. The Morgan fingerprint density at radius 2 is 2.05 bits per heavy atom. The molecule has 0 unspecified atom stereocenters. The number of aromatic nitrogens is 3. The summed E-state index contributed by atoms with van der Waals surface area (Å²) in [5.74, 6) is -0.202. The number of nitrogens with one attached hydrogen (secondary N) is 2. The van der Waals surface area contributed by atoms with Gasteiger partial charge in [-0.2, -0.15) is 18.3 Å². The molecule has 1 amide bonds. The number of anilines is 1. The molecule has 0 bridgehead atoms. The van der Waals surface area contributed by atoms with E-state index < -0.39 is 17.8 Å². The van der Waals surface area contributed by atoms with Crippen molar-refractivity contribution in [3.05, 3.63) is 41.3 Å². The summed E-state index contributed by atoms with van der Waals surface area (Å²) in [7, 11) is 0. The van der Waals surface area contributed by atoms with Gasteiger partial charge in [0.25, 0.3) is 5.91 Å². The number of aryl methyl sites for hydroxylation is 1. The first kappa shape index (κ1) is 13.1. The number of H-pyrrole nitrogens is 1. The lowest BCUT2D eigenvalue weighted by Gasteiger charge is -2.09. The predicted molar refractivity (Wildman–Crippen MR) is 60.5 cm³/mol. The average molecular weight is 270 g/mol. The zero-order valence-electron chi connectivity index (χ0n) is 9.75. The summed E-state index contributed by atoms with van der Waals surface area (Å²) in [4.78, 5) is 15.2. The van der Waals surface area contributed by atoms with Crippen molar-refractivity contribution in [2.45, 2.75) is 13.1 Å². The second kappa shape index (κ2) is 4.71. The third kappa shape index (κ3) is 2.90. The van der Waals surface area contributed by atoms with Crippen LogP contribution in [0, 0.1) is 6.92 Å². The molecule has 5 nitrogen and oxygen atoms in total. The van der Waals surface area contributed by atoms with Gasteiger partial charge in [-0.1, -0.05) is 0 Å². The van der Waals surface area contributed by atoms with E-state index in [0.717, 1.165) is 12.1 Å². The molecule has 8 heteroatoms. The van der Waals surface area contributed by atoms with Crippen LogP contribution in [0.5, 0.6) is 0 Å². The Morgan fingerprint density at radius 3 is 2.58 bits per heavy atom. The summed E-state index contributed by atoms with van der Waals surface area (Å²) in [6.45, 7) is 1.34. The molecule has 2 N–H and O–H groups in total. The minimum absolute atomic E-state index is 0.00633. The van der Waals surface area contributed by atoms with Crippen molar-refractivity contribution in [1.82, 2.24) is 15.2 Å². The minimum Gasteiger partial charge on any atom is -0.307 e. The van der Waals surface area contributed by atoms with Crippen molar-refractivity contribution in [3.8, 4) is 0 Å². The highest BCUT2D eigenvalue weighted by Crippen LogP contribution is 2.28. The van der Waals surface area contributed by atoms with Crippen LogP contribution < -0.4 is 5.32 Å². The number of hydrogen-bond donors (Lipinski definition) is 2. The second-order valence-corrected chi connectivity index (χ2v) is 3.75. The van der Waals surface area contributed by atoms with Gasteiger partial charge in [0.15, 0.2) is 0 Å². The van der Waals surface area contributed by atoms with Gasteiger partial charge in [0, 0.05) is 6.07 Å². The molecule has 0 aliphatic carbocycles. The van der Waals surface area contributed by atoms with E-state index in [1.165, 1.54) is 19.2 Å². The van der Waals surface area contributed by atoms with Crippen LogP contribution in [0.25, 0.3) is 0 Å². The molecule has 0 radical (unpaired) electrons. The van der Waals surface area contributed by atoms with Crippen LogP contribution in [0.2, 0.25) is 0 Å². The van der Waals surface area contributed by atoms with E-state index in [9.17, 15) is 18.0 Å². The largest absolute Gasteiger partial charge is 0.433 e. The molecular weight excluding hydrogens is 261 g/mol. The van der Waals surface area contributed by atoms with Gasteiger partial charge in [-0.15, -0.1) is 0 Å². The lowest BCUT2D eigenvalue weighted by molar-refractivity contribution is -0.141. The highest BCUT2D eigenvalue weighted by molar-refractivity contribution is 6.04. The van der Waals surface area contributed by atoms with Crippen LogP contribution in [-0.2, 0) is 6.18 Å². The van der Waals surface area contributed by atoms with E-state index in [2.05, 4.69) is 20.5 Å². The number of alkyl halides is 3. The Labute approximate surface area is 105 Å². The summed E-state index contributed by atoms with van der Waals surface area (Å²) < 4.78 is 37.3. The van der Waals surface area contributed by atoms with Crippen LogP contribution in [0.15, 0.2) is 24.4 Å². The fraction of sp³-hybridized carbons (Fsp3) is 0.182. The summed E-state index contributed by atoms with van der Waals surface area (Å²) in [6, 6.07) is 3.39. The molecule has 0 saturated carbocycles. The van der Waals surface area contributed by atoms with Crippen LogP contribution >= 0.6 is 0 Å². The number of carbonyl (C=O) groups is 1. The van der Waals surface area contributed by atoms with Gasteiger partial charge in [0.05, 0.1) is 17.5 Å². The van der Waals surface area contributed by atoms with Crippen molar-refractivity contribution in [3.63, 3.8) is 0 Å². The molecule has 0 atom stereocenters. The Morgan fingerprint density at radius 1 is 1.32 bits per heavy atom. The molecule has 0 spiro atoms. The van der Waals surface area contributed by atoms with Crippen LogP contribution in [0.1, 0.15) is 21.7 Å². The fourth-order valence-electron chi connectivity index (χ4n) is 1.47. The van der Waals surface area contributed by atoms with Crippen LogP contribution in [0.4, 0.5) is 19.0 Å². The first-order chi connectivity index (χ1) is 8.88. The van der Waals surface area contributed by atoms with E-state index in [0.29, 0.717) is 5.82 Å². The topological polar surface area (TPSA) is 70.7 Å². The van der Waals surface area contributed by atoms with Gasteiger partial charge in [-0.3, -0.25) is 9.89 Å². The zero-order valence-corrected chi connectivity index (χ0v) is 9.75. The summed E-state index contributed by atoms with van der Waals surface area (Å²) in [5, 5.41) is 8.60. The SMILES string of the molecule is Cc1nc(C(F)(F)F)ccc1C(=O)Nc1ccn[nH]1. The number of pyridine rings is 1. The number of hydrogen-bond acceptors (Lipinski definition) is 3. The van der Waals surface area contributed by atoms with E-state index in [1.807, 2.05) is 0 Å². The summed E-state index contributed by atoms with van der Waals surface area (Å²) in [6.07, 6.45) is -3.09. The van der Waals surface area contributed by atoms with E-state index in [1.54, 1.807) is 0 Å². The Bertz CT molecular complexity index is 592. The number of amides is 1. The molecular formula is C11H9F3N4O. The van der Waals surface area contributed by atoms with Crippen molar-refractivity contribution in [1.29, 1.82) is 0 Å². The van der Waals surface area contributed by atoms with Gasteiger partial charge < -0.3 is 5.32 Å².